The normalized spacial score (nSPS) is 10.7. The molecule has 0 aliphatic rings. The first kappa shape index (κ1) is 14.4. The third-order valence-electron chi connectivity index (χ3n) is 2.51. The minimum Gasteiger partial charge on any atom is -0.507 e. The Hall–Kier alpha value is -2.04. The summed E-state index contributed by atoms with van der Waals surface area (Å²) in [6, 6.07) is 11.2. The third kappa shape index (κ3) is 3.29. The molecule has 1 amide bonds. The Morgan fingerprint density at radius 2 is 1.75 bits per heavy atom. The second kappa shape index (κ2) is 6.41. The summed E-state index contributed by atoms with van der Waals surface area (Å²) in [7, 11) is 0. The Labute approximate surface area is 125 Å². The molecule has 4 nitrogen and oxygen atoms in total. The Balaban J connectivity index is 2.11. The van der Waals surface area contributed by atoms with Crippen LogP contribution in [0.3, 0.4) is 0 Å². The van der Waals surface area contributed by atoms with Crippen LogP contribution in [0.4, 0.5) is 0 Å². The standard InChI is InChI=1S/C14H10Cl2N2O2/c15-11-5-3-6-12(16)10(11)8-17-18-14(20)9-4-1-2-7-13(9)19/h1-8,19H,(H,18,20)/b17-8+. The lowest BCUT2D eigenvalue weighted by atomic mass is 10.2. The van der Waals surface area contributed by atoms with Crippen molar-refractivity contribution in [1.82, 2.24) is 5.43 Å². The molecule has 0 spiro atoms. The van der Waals surface area contributed by atoms with Gasteiger partial charge in [0.05, 0.1) is 21.8 Å². The van der Waals surface area contributed by atoms with Gasteiger partial charge in [-0.05, 0) is 24.3 Å². The van der Waals surface area contributed by atoms with Crippen LogP contribution in [-0.2, 0) is 0 Å². The van der Waals surface area contributed by atoms with Crippen LogP contribution in [-0.4, -0.2) is 17.2 Å². The van der Waals surface area contributed by atoms with Crippen molar-refractivity contribution in [3.63, 3.8) is 0 Å². The SMILES string of the molecule is O=C(N/N=C/c1c(Cl)cccc1Cl)c1ccccc1O. The van der Waals surface area contributed by atoms with Gasteiger partial charge in [0.15, 0.2) is 0 Å². The molecule has 2 aromatic carbocycles. The number of hydrogen-bond donors (Lipinski definition) is 2. The number of nitrogens with one attached hydrogen (secondary N) is 1. The van der Waals surface area contributed by atoms with Crippen LogP contribution in [0.2, 0.25) is 10.0 Å². The van der Waals surface area contributed by atoms with Crippen LogP contribution in [0.25, 0.3) is 0 Å². The van der Waals surface area contributed by atoms with Crippen LogP contribution in [0.15, 0.2) is 47.6 Å². The van der Waals surface area contributed by atoms with Crippen molar-refractivity contribution < 1.29 is 9.90 Å². The van der Waals surface area contributed by atoms with Gasteiger partial charge in [-0.15, -0.1) is 0 Å². The third-order valence-corrected chi connectivity index (χ3v) is 3.17. The van der Waals surface area contributed by atoms with E-state index in [0.717, 1.165) is 0 Å². The van der Waals surface area contributed by atoms with Crippen molar-refractivity contribution >= 4 is 35.3 Å². The molecule has 0 radical (unpaired) electrons. The Bertz CT molecular complexity index is 652. The first-order valence-electron chi connectivity index (χ1n) is 5.65. The van der Waals surface area contributed by atoms with Crippen molar-refractivity contribution in [2.45, 2.75) is 0 Å². The summed E-state index contributed by atoms with van der Waals surface area (Å²) in [5.74, 6) is -0.640. The Kier molecular flexibility index (Phi) is 4.61. The monoisotopic (exact) mass is 308 g/mol. The van der Waals surface area contributed by atoms with Crippen molar-refractivity contribution in [1.29, 1.82) is 0 Å². The van der Waals surface area contributed by atoms with Gasteiger partial charge in [-0.25, -0.2) is 5.43 Å². The van der Waals surface area contributed by atoms with Crippen molar-refractivity contribution in [2.75, 3.05) is 0 Å². The van der Waals surface area contributed by atoms with E-state index in [2.05, 4.69) is 10.5 Å². The number of phenolic OH excluding ortho intramolecular Hbond substituents is 1. The van der Waals surface area contributed by atoms with E-state index < -0.39 is 5.91 Å². The lowest BCUT2D eigenvalue weighted by molar-refractivity contribution is 0.0952. The number of halogens is 2. The highest BCUT2D eigenvalue weighted by atomic mass is 35.5. The van der Waals surface area contributed by atoms with E-state index in [1.165, 1.54) is 18.3 Å². The minimum atomic E-state index is -0.525. The fourth-order valence-electron chi connectivity index (χ4n) is 1.52. The van der Waals surface area contributed by atoms with Crippen LogP contribution in [0.5, 0.6) is 5.75 Å². The highest BCUT2D eigenvalue weighted by Gasteiger charge is 2.09. The van der Waals surface area contributed by atoms with Crippen LogP contribution in [0, 0.1) is 0 Å². The molecule has 0 heterocycles. The molecular formula is C14H10Cl2N2O2. The van der Waals surface area contributed by atoms with Gasteiger partial charge in [-0.1, -0.05) is 41.4 Å². The van der Waals surface area contributed by atoms with Gasteiger partial charge in [0.1, 0.15) is 5.75 Å². The fraction of sp³-hybridized carbons (Fsp3) is 0. The highest BCUT2D eigenvalue weighted by molar-refractivity contribution is 6.38. The zero-order valence-corrected chi connectivity index (χ0v) is 11.7. The van der Waals surface area contributed by atoms with Gasteiger partial charge >= 0.3 is 0 Å². The van der Waals surface area contributed by atoms with Crippen LogP contribution < -0.4 is 5.43 Å². The van der Waals surface area contributed by atoms with Gasteiger partial charge in [0.25, 0.3) is 5.91 Å². The Morgan fingerprint density at radius 1 is 1.10 bits per heavy atom. The first-order chi connectivity index (χ1) is 9.59. The molecule has 2 rings (SSSR count). The summed E-state index contributed by atoms with van der Waals surface area (Å²) in [6.07, 6.45) is 1.35. The molecule has 0 aliphatic carbocycles. The van der Waals surface area contributed by atoms with E-state index >= 15 is 0 Å². The molecule has 20 heavy (non-hydrogen) atoms. The summed E-state index contributed by atoms with van der Waals surface area (Å²) in [6.45, 7) is 0. The van der Waals surface area contributed by atoms with Gasteiger partial charge < -0.3 is 5.11 Å². The van der Waals surface area contributed by atoms with Crippen LogP contribution in [0.1, 0.15) is 15.9 Å². The average molecular weight is 309 g/mol. The largest absolute Gasteiger partial charge is 0.507 e. The van der Waals surface area contributed by atoms with E-state index in [1.807, 2.05) is 0 Å². The smallest absolute Gasteiger partial charge is 0.275 e. The lowest BCUT2D eigenvalue weighted by Crippen LogP contribution is -2.17. The molecule has 0 bridgehead atoms. The van der Waals surface area contributed by atoms with E-state index in [4.69, 9.17) is 23.2 Å². The minimum absolute atomic E-state index is 0.115. The zero-order chi connectivity index (χ0) is 14.5. The summed E-state index contributed by atoms with van der Waals surface area (Å²) in [5.41, 5.74) is 2.94. The molecule has 102 valence electrons. The zero-order valence-electron chi connectivity index (χ0n) is 10.2. The van der Waals surface area contributed by atoms with E-state index in [-0.39, 0.29) is 11.3 Å². The number of rotatable bonds is 3. The molecule has 6 heteroatoms. The number of amides is 1. The number of carbonyl (C=O) groups excluding carboxylic acids is 1. The average Bonchev–Trinajstić information content (AvgIpc) is 2.42. The van der Waals surface area contributed by atoms with Gasteiger partial charge in [-0.2, -0.15) is 5.10 Å². The number of carbonyl (C=O) groups is 1. The number of nitrogens with zero attached hydrogens (tertiary/aromatic N) is 1. The molecule has 0 unspecified atom stereocenters. The van der Waals surface area contributed by atoms with E-state index in [1.54, 1.807) is 30.3 Å². The molecule has 0 fully saturated rings. The maximum Gasteiger partial charge on any atom is 0.275 e. The molecule has 0 aliphatic heterocycles. The maximum atomic E-state index is 11.8. The lowest BCUT2D eigenvalue weighted by Gasteiger charge is -2.03. The van der Waals surface area contributed by atoms with Gasteiger partial charge in [0, 0.05) is 5.56 Å². The summed E-state index contributed by atoms with van der Waals surface area (Å²) < 4.78 is 0. The topological polar surface area (TPSA) is 61.7 Å². The molecular weight excluding hydrogens is 299 g/mol. The van der Waals surface area contributed by atoms with E-state index in [0.29, 0.717) is 15.6 Å². The quantitative estimate of drug-likeness (QED) is 0.674. The number of para-hydroxylation sites is 1. The molecule has 0 saturated heterocycles. The molecule has 0 saturated carbocycles. The van der Waals surface area contributed by atoms with Crippen molar-refractivity contribution in [2.24, 2.45) is 5.10 Å². The second-order valence-electron chi connectivity index (χ2n) is 3.85. The molecule has 2 aromatic rings. The number of phenols is 1. The summed E-state index contributed by atoms with van der Waals surface area (Å²) in [4.78, 5) is 11.8. The van der Waals surface area contributed by atoms with Crippen molar-refractivity contribution in [3.8, 4) is 5.75 Å². The number of benzene rings is 2. The number of hydrazone groups is 1. The predicted molar refractivity (Wildman–Crippen MR) is 79.6 cm³/mol. The van der Waals surface area contributed by atoms with Gasteiger partial charge in [-0.3, -0.25) is 4.79 Å². The maximum absolute atomic E-state index is 11.8. The van der Waals surface area contributed by atoms with Crippen LogP contribution >= 0.6 is 23.2 Å². The second-order valence-corrected chi connectivity index (χ2v) is 4.67. The van der Waals surface area contributed by atoms with Crippen molar-refractivity contribution in [3.05, 3.63) is 63.6 Å². The molecule has 2 N–H and O–H groups in total. The molecule has 0 atom stereocenters. The molecule has 0 aromatic heterocycles. The van der Waals surface area contributed by atoms with E-state index in [9.17, 15) is 9.90 Å². The first-order valence-corrected chi connectivity index (χ1v) is 6.40. The predicted octanol–water partition coefficient (Wildman–Crippen LogP) is 3.46. The summed E-state index contributed by atoms with van der Waals surface area (Å²) >= 11 is 11.9. The Morgan fingerprint density at radius 3 is 2.40 bits per heavy atom. The summed E-state index contributed by atoms with van der Waals surface area (Å²) in [5, 5.41) is 14.2. The number of hydrogen-bond acceptors (Lipinski definition) is 3. The van der Waals surface area contributed by atoms with Gasteiger partial charge in [0.2, 0.25) is 0 Å². The number of aromatic hydroxyl groups is 1. The fourth-order valence-corrected chi connectivity index (χ4v) is 2.01. The highest BCUT2D eigenvalue weighted by Crippen LogP contribution is 2.22.